The number of aromatic nitrogens is 2. The van der Waals surface area contributed by atoms with Crippen LogP contribution in [0.25, 0.3) is 11.3 Å². The van der Waals surface area contributed by atoms with Gasteiger partial charge in [-0.25, -0.2) is 13.2 Å². The number of nitrogens with zero attached hydrogens (tertiary/aromatic N) is 3. The van der Waals surface area contributed by atoms with E-state index in [1.165, 1.54) is 4.68 Å². The van der Waals surface area contributed by atoms with Crippen molar-refractivity contribution in [2.45, 2.75) is 26.0 Å². The van der Waals surface area contributed by atoms with Crippen molar-refractivity contribution in [3.8, 4) is 11.3 Å². The molecule has 0 saturated carbocycles. The minimum atomic E-state index is -1.49. The maximum Gasteiger partial charge on any atom is 0.254 e. The van der Waals surface area contributed by atoms with Crippen LogP contribution in [0.5, 0.6) is 0 Å². The molecule has 3 aromatic rings. The minimum Gasteiger partial charge on any atom is -0.376 e. The minimum absolute atomic E-state index is 0.0778. The molecule has 31 heavy (non-hydrogen) atoms. The van der Waals surface area contributed by atoms with Gasteiger partial charge in [0.05, 0.1) is 31.1 Å². The van der Waals surface area contributed by atoms with Crippen LogP contribution in [0.3, 0.4) is 0 Å². The first kappa shape index (κ1) is 19.8. The molecular weight excluding hydrogens is 407 g/mol. The van der Waals surface area contributed by atoms with Gasteiger partial charge in [0.1, 0.15) is 0 Å². The molecule has 0 radical (unpaired) electrons. The molecule has 0 spiro atoms. The Morgan fingerprint density at radius 2 is 1.84 bits per heavy atom. The summed E-state index contributed by atoms with van der Waals surface area (Å²) in [6.45, 7) is 1.97. The number of amides is 1. The van der Waals surface area contributed by atoms with Crippen LogP contribution < -0.4 is 0 Å². The molecule has 1 aromatic heterocycles. The lowest BCUT2D eigenvalue weighted by molar-refractivity contribution is 0.0731. The van der Waals surface area contributed by atoms with E-state index < -0.39 is 17.5 Å². The summed E-state index contributed by atoms with van der Waals surface area (Å²) >= 11 is 0. The van der Waals surface area contributed by atoms with Crippen molar-refractivity contribution >= 4 is 5.91 Å². The Kier molecular flexibility index (Phi) is 4.81. The smallest absolute Gasteiger partial charge is 0.254 e. The average molecular weight is 427 g/mol. The SMILES string of the molecule is Cn1nc2c(c1-c1cc(F)c(F)c(F)c1)CCN(C(=O)c1ccc3c(c1)CCOC3)C2. The fourth-order valence-electron chi connectivity index (χ4n) is 4.43. The summed E-state index contributed by atoms with van der Waals surface area (Å²) in [7, 11) is 1.67. The van der Waals surface area contributed by atoms with Crippen LogP contribution >= 0.6 is 0 Å². The second-order valence-electron chi connectivity index (χ2n) is 7.91. The molecule has 3 heterocycles. The van der Waals surface area contributed by atoms with E-state index in [0.29, 0.717) is 49.7 Å². The van der Waals surface area contributed by atoms with Gasteiger partial charge in [0.25, 0.3) is 5.91 Å². The van der Waals surface area contributed by atoms with E-state index in [-0.39, 0.29) is 11.5 Å². The molecule has 5 nitrogen and oxygen atoms in total. The maximum atomic E-state index is 13.8. The molecule has 8 heteroatoms. The lowest BCUT2D eigenvalue weighted by Crippen LogP contribution is -2.36. The van der Waals surface area contributed by atoms with Gasteiger partial charge in [-0.15, -0.1) is 0 Å². The molecule has 0 unspecified atom stereocenters. The Morgan fingerprint density at radius 3 is 2.61 bits per heavy atom. The summed E-state index contributed by atoms with van der Waals surface area (Å²) in [6, 6.07) is 7.64. The number of rotatable bonds is 2. The van der Waals surface area contributed by atoms with Crippen molar-refractivity contribution in [1.82, 2.24) is 14.7 Å². The van der Waals surface area contributed by atoms with Crippen molar-refractivity contribution < 1.29 is 22.7 Å². The van der Waals surface area contributed by atoms with E-state index >= 15 is 0 Å². The summed E-state index contributed by atoms with van der Waals surface area (Å²) in [4.78, 5) is 14.8. The molecule has 2 aliphatic heterocycles. The van der Waals surface area contributed by atoms with Gasteiger partial charge < -0.3 is 9.64 Å². The first-order chi connectivity index (χ1) is 14.9. The number of hydrogen-bond donors (Lipinski definition) is 0. The summed E-state index contributed by atoms with van der Waals surface area (Å²) in [5.41, 5.74) is 5.13. The van der Waals surface area contributed by atoms with E-state index in [1.807, 2.05) is 18.2 Å². The summed E-state index contributed by atoms with van der Waals surface area (Å²) in [5, 5.41) is 4.47. The molecule has 2 aliphatic rings. The van der Waals surface area contributed by atoms with Crippen molar-refractivity contribution in [3.05, 3.63) is 75.7 Å². The molecule has 1 amide bonds. The van der Waals surface area contributed by atoms with Crippen LogP contribution in [0.4, 0.5) is 13.2 Å². The van der Waals surface area contributed by atoms with E-state index in [9.17, 15) is 18.0 Å². The van der Waals surface area contributed by atoms with Gasteiger partial charge in [-0.05, 0) is 48.2 Å². The highest BCUT2D eigenvalue weighted by Crippen LogP contribution is 2.32. The van der Waals surface area contributed by atoms with Crippen LogP contribution in [-0.2, 0) is 37.8 Å². The molecule has 0 N–H and O–H groups in total. The fourth-order valence-corrected chi connectivity index (χ4v) is 4.43. The molecule has 5 rings (SSSR count). The third-order valence-corrected chi connectivity index (χ3v) is 5.97. The van der Waals surface area contributed by atoms with Crippen molar-refractivity contribution in [3.63, 3.8) is 0 Å². The van der Waals surface area contributed by atoms with Crippen molar-refractivity contribution in [2.75, 3.05) is 13.2 Å². The van der Waals surface area contributed by atoms with E-state index in [1.54, 1.807) is 11.9 Å². The highest BCUT2D eigenvalue weighted by Gasteiger charge is 2.28. The van der Waals surface area contributed by atoms with Gasteiger partial charge >= 0.3 is 0 Å². The predicted molar refractivity (Wildman–Crippen MR) is 107 cm³/mol. The zero-order valence-electron chi connectivity index (χ0n) is 16.9. The number of hydrogen-bond acceptors (Lipinski definition) is 3. The number of fused-ring (bicyclic) bond motifs is 2. The molecule has 0 saturated heterocycles. The number of halogens is 3. The fraction of sp³-hybridized carbons (Fsp3) is 0.304. The van der Waals surface area contributed by atoms with Crippen LogP contribution in [0.2, 0.25) is 0 Å². The van der Waals surface area contributed by atoms with E-state index in [0.717, 1.165) is 35.2 Å². The Bertz CT molecular complexity index is 1180. The number of ether oxygens (including phenoxy) is 1. The van der Waals surface area contributed by atoms with Crippen molar-refractivity contribution in [2.24, 2.45) is 7.05 Å². The van der Waals surface area contributed by atoms with Crippen LogP contribution in [-0.4, -0.2) is 33.7 Å². The lowest BCUT2D eigenvalue weighted by atomic mass is 9.97. The third kappa shape index (κ3) is 3.40. The molecule has 0 atom stereocenters. The summed E-state index contributed by atoms with van der Waals surface area (Å²) in [6.07, 6.45) is 1.28. The Balaban J connectivity index is 1.43. The molecular formula is C23H20F3N3O2. The third-order valence-electron chi connectivity index (χ3n) is 5.97. The lowest BCUT2D eigenvalue weighted by Gasteiger charge is -2.27. The van der Waals surface area contributed by atoms with Crippen LogP contribution in [0.15, 0.2) is 30.3 Å². The Labute approximate surface area is 177 Å². The number of aryl methyl sites for hydroxylation is 1. The molecule has 0 aliphatic carbocycles. The zero-order chi connectivity index (χ0) is 21.7. The first-order valence-corrected chi connectivity index (χ1v) is 10.1. The van der Waals surface area contributed by atoms with Gasteiger partial charge in [-0.1, -0.05) is 6.07 Å². The second-order valence-corrected chi connectivity index (χ2v) is 7.91. The first-order valence-electron chi connectivity index (χ1n) is 10.1. The van der Waals surface area contributed by atoms with Crippen LogP contribution in [0.1, 0.15) is 32.7 Å². The standard InChI is InChI=1S/C23H20F3N3O2/c1-28-22(16-9-18(24)21(26)19(25)10-16)17-4-6-29(11-20(17)27-28)23(30)14-2-3-15-12-31-7-5-13(15)8-14/h2-3,8-10H,4-7,11-12H2,1H3. The van der Waals surface area contributed by atoms with Crippen LogP contribution in [0, 0.1) is 17.5 Å². The number of carbonyl (C=O) groups excluding carboxylic acids is 1. The summed E-state index contributed by atoms with van der Waals surface area (Å²) in [5.74, 6) is -4.05. The highest BCUT2D eigenvalue weighted by atomic mass is 19.2. The molecule has 160 valence electrons. The van der Waals surface area contributed by atoms with Crippen molar-refractivity contribution in [1.29, 1.82) is 0 Å². The van der Waals surface area contributed by atoms with E-state index in [4.69, 9.17) is 4.74 Å². The molecule has 0 fully saturated rings. The van der Waals surface area contributed by atoms with Gasteiger partial charge in [0.15, 0.2) is 17.5 Å². The number of benzene rings is 2. The normalized spacial score (nSPS) is 15.5. The van der Waals surface area contributed by atoms with Gasteiger partial charge in [-0.3, -0.25) is 9.48 Å². The monoisotopic (exact) mass is 427 g/mol. The van der Waals surface area contributed by atoms with Gasteiger partial charge in [0, 0.05) is 30.3 Å². The topological polar surface area (TPSA) is 47.4 Å². The Morgan fingerprint density at radius 1 is 1.06 bits per heavy atom. The second kappa shape index (κ2) is 7.53. The van der Waals surface area contributed by atoms with Gasteiger partial charge in [0.2, 0.25) is 0 Å². The highest BCUT2D eigenvalue weighted by molar-refractivity contribution is 5.94. The predicted octanol–water partition coefficient (Wildman–Crippen LogP) is 3.78. The summed E-state index contributed by atoms with van der Waals surface area (Å²) < 4.78 is 47.9. The maximum absolute atomic E-state index is 13.8. The zero-order valence-corrected chi connectivity index (χ0v) is 16.9. The number of carbonyl (C=O) groups is 1. The molecule has 0 bridgehead atoms. The Hall–Kier alpha value is -3.13. The molecule has 2 aromatic carbocycles. The quantitative estimate of drug-likeness (QED) is 0.585. The average Bonchev–Trinajstić information content (AvgIpc) is 3.11. The van der Waals surface area contributed by atoms with E-state index in [2.05, 4.69) is 5.10 Å². The largest absolute Gasteiger partial charge is 0.376 e. The van der Waals surface area contributed by atoms with Gasteiger partial charge in [-0.2, -0.15) is 5.10 Å².